The van der Waals surface area contributed by atoms with Gasteiger partial charge >= 0.3 is 0 Å². The summed E-state index contributed by atoms with van der Waals surface area (Å²) in [5.74, 6) is -4.33. The molecule has 0 aliphatic heterocycles. The van der Waals surface area contributed by atoms with Crippen LogP contribution in [0.15, 0.2) is 122 Å². The van der Waals surface area contributed by atoms with Crippen molar-refractivity contribution < 1.29 is 73.5 Å². The fourth-order valence-electron chi connectivity index (χ4n) is 6.12. The van der Waals surface area contributed by atoms with Crippen LogP contribution >= 0.6 is 0 Å². The zero-order valence-corrected chi connectivity index (χ0v) is 38.3. The van der Waals surface area contributed by atoms with E-state index in [4.69, 9.17) is 39.6 Å². The number of aromatic amines is 4. The smallest absolute Gasteiger partial charge is 0.0781 e. The van der Waals surface area contributed by atoms with Crippen LogP contribution in [0.25, 0.3) is 43.6 Å². The second kappa shape index (κ2) is 35.1. The number of rotatable bonds is 8. The summed E-state index contributed by atoms with van der Waals surface area (Å²) >= 11 is 0. The number of H-pyrrole nitrogens is 4. The van der Waals surface area contributed by atoms with Gasteiger partial charge in [-0.25, -0.2) is 0 Å². The topological polar surface area (TPSA) is 397 Å². The predicted molar refractivity (Wildman–Crippen MR) is 249 cm³/mol. The average Bonchev–Trinajstić information content (AvgIpc) is 4.05. The second-order valence-corrected chi connectivity index (χ2v) is 13.8. The summed E-state index contributed by atoms with van der Waals surface area (Å²) in [7, 11) is 0. The van der Waals surface area contributed by atoms with Crippen molar-refractivity contribution in [2.75, 3.05) is 26.2 Å². The molecule has 18 nitrogen and oxygen atoms in total. The van der Waals surface area contributed by atoms with Crippen LogP contribution in [0.2, 0.25) is 0 Å². The number of carboxylic acid groups (broad SMARTS) is 4. The van der Waals surface area contributed by atoms with Gasteiger partial charge in [0, 0.05) is 118 Å². The molecule has 0 saturated carbocycles. The Morgan fingerprint density at radius 3 is 0.667 bits per heavy atom. The molecule has 0 atom stereocenters. The van der Waals surface area contributed by atoms with Crippen molar-refractivity contribution in [3.8, 4) is 0 Å². The third kappa shape index (κ3) is 24.5. The lowest BCUT2D eigenvalue weighted by atomic mass is 10.1. The van der Waals surface area contributed by atoms with Crippen molar-refractivity contribution in [2.45, 2.75) is 53.4 Å². The highest BCUT2D eigenvalue weighted by Crippen LogP contribution is 2.20. The first-order valence-electron chi connectivity index (χ1n) is 20.7. The van der Waals surface area contributed by atoms with E-state index in [1.54, 1.807) is 0 Å². The number of fused-ring (bicyclic) bond motifs is 4. The highest BCUT2D eigenvalue weighted by molar-refractivity contribution is 5.85. The Morgan fingerprint density at radius 2 is 0.515 bits per heavy atom. The van der Waals surface area contributed by atoms with Crippen LogP contribution in [-0.4, -0.2) is 80.9 Å². The molecule has 360 valence electrons. The van der Waals surface area contributed by atoms with Crippen molar-refractivity contribution in [1.29, 1.82) is 0 Å². The van der Waals surface area contributed by atoms with E-state index < -0.39 is 23.9 Å². The largest absolute Gasteiger partial charge is 0.550 e. The first-order valence-corrected chi connectivity index (χ1v) is 20.7. The Morgan fingerprint density at radius 1 is 0.364 bits per heavy atom. The summed E-state index contributed by atoms with van der Waals surface area (Å²) in [6.45, 7) is 7.73. The third-order valence-corrected chi connectivity index (χ3v) is 8.48. The molecule has 0 amide bonds. The second-order valence-electron chi connectivity index (χ2n) is 13.8. The monoisotopic (exact) mass is 917 g/mol. The lowest BCUT2D eigenvalue weighted by molar-refractivity contribution is -0.367. The average molecular weight is 917 g/mol. The summed E-state index contributed by atoms with van der Waals surface area (Å²) in [6, 6.07) is 33.5. The van der Waals surface area contributed by atoms with E-state index in [2.05, 4.69) is 140 Å². The molecule has 0 spiro atoms. The SMILES string of the molecule is CC(=O)[O-].CC(=O)[O-].CC(=O)[O-].CC(=O)[O-].O.O.[NH3+]CCc1c[nH]c2ccccc12.[NH3+]CCc1c[nH]c2ccccc12.[NH3+]CCc1c[nH]c2ccccc12.[NH3+]CCc1c[nH]c2ccccc12. The highest BCUT2D eigenvalue weighted by Gasteiger charge is 2.03. The molecule has 0 unspecified atom stereocenters. The molecule has 0 fully saturated rings. The molecule has 0 bridgehead atoms. The summed E-state index contributed by atoms with van der Waals surface area (Å²) in [5, 5.41) is 40.9. The summed E-state index contributed by atoms with van der Waals surface area (Å²) in [4.78, 5) is 48.5. The zero-order valence-electron chi connectivity index (χ0n) is 38.3. The van der Waals surface area contributed by atoms with Gasteiger partial charge in [0.1, 0.15) is 0 Å². The molecule has 0 radical (unpaired) electrons. The number of hydrogen-bond acceptors (Lipinski definition) is 8. The molecule has 4 heterocycles. The van der Waals surface area contributed by atoms with E-state index in [0.717, 1.165) is 79.6 Å². The van der Waals surface area contributed by atoms with Gasteiger partial charge in [-0.3, -0.25) is 0 Å². The minimum absolute atomic E-state index is 0. The quantitative estimate of drug-likeness (QED) is 0.0784. The molecular weight excluding hydrogens is 849 g/mol. The molecule has 20 N–H and O–H groups in total. The van der Waals surface area contributed by atoms with Gasteiger partial charge in [-0.15, -0.1) is 0 Å². The Kier molecular flexibility index (Phi) is 32.3. The van der Waals surface area contributed by atoms with E-state index in [0.29, 0.717) is 0 Å². The first kappa shape index (κ1) is 60.8. The molecule has 18 heteroatoms. The van der Waals surface area contributed by atoms with E-state index in [-0.39, 0.29) is 11.0 Å². The molecule has 0 aliphatic carbocycles. The van der Waals surface area contributed by atoms with Gasteiger partial charge in [-0.1, -0.05) is 72.8 Å². The number of hydrogen-bond donors (Lipinski definition) is 8. The summed E-state index contributed by atoms with van der Waals surface area (Å²) in [6.07, 6.45) is 12.6. The Balaban J connectivity index is 0. The fourth-order valence-corrected chi connectivity index (χ4v) is 6.12. The number of benzene rings is 4. The van der Waals surface area contributed by atoms with Crippen LogP contribution in [0, 0.1) is 0 Å². The van der Waals surface area contributed by atoms with Crippen molar-refractivity contribution >= 4 is 67.5 Å². The van der Waals surface area contributed by atoms with E-state index in [1.807, 2.05) is 24.3 Å². The molecule has 0 aliphatic rings. The zero-order chi connectivity index (χ0) is 47.9. The van der Waals surface area contributed by atoms with Gasteiger partial charge in [-0.05, 0) is 74.2 Å². The van der Waals surface area contributed by atoms with Crippen LogP contribution in [0.4, 0.5) is 0 Å². The predicted octanol–water partition coefficient (Wildman–Crippen LogP) is -2.82. The first-order chi connectivity index (χ1) is 30.6. The molecule has 4 aromatic heterocycles. The Bertz CT molecular complexity index is 2190. The molecule has 0 saturated heterocycles. The normalized spacial score (nSPS) is 9.33. The number of quaternary nitrogens is 4. The van der Waals surface area contributed by atoms with E-state index in [9.17, 15) is 0 Å². The summed E-state index contributed by atoms with van der Waals surface area (Å²) < 4.78 is 0. The van der Waals surface area contributed by atoms with E-state index >= 15 is 0 Å². The molecule has 66 heavy (non-hydrogen) atoms. The Labute approximate surface area is 383 Å². The van der Waals surface area contributed by atoms with Crippen molar-refractivity contribution in [3.63, 3.8) is 0 Å². The maximum absolute atomic E-state index is 8.89. The molecular formula is C48H68N8O10. The van der Waals surface area contributed by atoms with Crippen molar-refractivity contribution in [3.05, 3.63) is 144 Å². The lowest BCUT2D eigenvalue weighted by Gasteiger charge is -1.92. The number of aliphatic carboxylic acids is 4. The number of nitrogens with one attached hydrogen (secondary N) is 4. The minimum atomic E-state index is -1.08. The van der Waals surface area contributed by atoms with Gasteiger partial charge in [0.25, 0.3) is 0 Å². The standard InChI is InChI=1S/4C10H12N2.4C2H4O2.2H2O/c4*11-6-5-8-7-12-10-4-2-1-3-9(8)10;4*1-2(3)4;;/h4*1-4,7,12H,5-6,11H2;4*1H3,(H,3,4);2*1H2. The van der Waals surface area contributed by atoms with Crippen molar-refractivity contribution in [1.82, 2.24) is 19.9 Å². The number of carbonyl (C=O) groups excluding carboxylic acids is 4. The maximum atomic E-state index is 8.89. The van der Waals surface area contributed by atoms with Crippen LogP contribution in [0.5, 0.6) is 0 Å². The van der Waals surface area contributed by atoms with Crippen LogP contribution in [-0.2, 0) is 44.9 Å². The number of carbonyl (C=O) groups is 4. The van der Waals surface area contributed by atoms with Gasteiger partial charge in [0.15, 0.2) is 0 Å². The van der Waals surface area contributed by atoms with Gasteiger partial charge in [0.05, 0.1) is 26.2 Å². The van der Waals surface area contributed by atoms with Crippen LogP contribution in [0.1, 0.15) is 49.9 Å². The van der Waals surface area contributed by atoms with Gasteiger partial charge in [0.2, 0.25) is 0 Å². The highest BCUT2D eigenvalue weighted by atomic mass is 16.4. The Hall–Kier alpha value is -7.32. The number of aromatic nitrogens is 4. The maximum Gasteiger partial charge on any atom is 0.0781 e. The molecule has 4 aromatic carbocycles. The van der Waals surface area contributed by atoms with Crippen LogP contribution in [0.3, 0.4) is 0 Å². The third-order valence-electron chi connectivity index (χ3n) is 8.48. The lowest BCUT2D eigenvalue weighted by Crippen LogP contribution is -2.51. The van der Waals surface area contributed by atoms with Crippen molar-refractivity contribution in [2.24, 2.45) is 0 Å². The fraction of sp³-hybridized carbons (Fsp3) is 0.250. The van der Waals surface area contributed by atoms with E-state index in [1.165, 1.54) is 65.9 Å². The number of carboxylic acids is 4. The van der Waals surface area contributed by atoms with Crippen LogP contribution < -0.4 is 43.4 Å². The minimum Gasteiger partial charge on any atom is -0.550 e. The summed E-state index contributed by atoms with van der Waals surface area (Å²) in [5.41, 5.74) is 25.8. The number of para-hydroxylation sites is 4. The molecule has 8 aromatic rings. The van der Waals surface area contributed by atoms with Gasteiger partial charge < -0.3 is 93.4 Å². The van der Waals surface area contributed by atoms with Gasteiger partial charge in [-0.2, -0.15) is 0 Å². The molecule has 8 rings (SSSR count).